The predicted octanol–water partition coefficient (Wildman–Crippen LogP) is 5.20. The fourth-order valence-corrected chi connectivity index (χ4v) is 3.80. The van der Waals surface area contributed by atoms with Gasteiger partial charge in [0.05, 0.1) is 10.2 Å². The fourth-order valence-electron chi connectivity index (χ4n) is 3.02. The summed E-state index contributed by atoms with van der Waals surface area (Å²) in [4.78, 5) is 4.32. The topological polar surface area (TPSA) is 38.9 Å². The van der Waals surface area contributed by atoms with E-state index in [9.17, 15) is 4.39 Å². The van der Waals surface area contributed by atoms with Crippen molar-refractivity contribution < 1.29 is 4.39 Å². The lowest BCUT2D eigenvalue weighted by Gasteiger charge is -2.19. The van der Waals surface area contributed by atoms with Crippen LogP contribution in [0.5, 0.6) is 0 Å². The number of aromatic nitrogens is 1. The molecule has 0 bridgehead atoms. The van der Waals surface area contributed by atoms with E-state index < -0.39 is 0 Å². The molecule has 1 aromatic heterocycles. The standard InChI is InChI=1S/C20H15FN2S/c21-16-9-6-14(7-10-16)19(13-4-2-1-3-5-13)15-8-11-17-18(12-15)24-20(22)23-17/h1-12,19H,(H2,22,23). The van der Waals surface area contributed by atoms with Gasteiger partial charge >= 0.3 is 0 Å². The molecule has 0 saturated carbocycles. The molecule has 0 aliphatic rings. The molecular formula is C20H15FN2S. The molecule has 2 N–H and O–H groups in total. The van der Waals surface area contributed by atoms with Crippen LogP contribution < -0.4 is 5.73 Å². The molecule has 1 atom stereocenters. The summed E-state index contributed by atoms with van der Waals surface area (Å²) in [7, 11) is 0. The average molecular weight is 334 g/mol. The molecule has 1 heterocycles. The molecule has 4 rings (SSSR count). The van der Waals surface area contributed by atoms with Gasteiger partial charge in [0, 0.05) is 5.92 Å². The van der Waals surface area contributed by atoms with Crippen molar-refractivity contribution in [1.29, 1.82) is 0 Å². The predicted molar refractivity (Wildman–Crippen MR) is 97.8 cm³/mol. The number of benzene rings is 3. The molecule has 0 aliphatic carbocycles. The van der Waals surface area contributed by atoms with Crippen molar-refractivity contribution >= 4 is 26.7 Å². The van der Waals surface area contributed by atoms with Crippen LogP contribution in [-0.4, -0.2) is 4.98 Å². The quantitative estimate of drug-likeness (QED) is 0.523. The van der Waals surface area contributed by atoms with Crippen LogP contribution in [0.15, 0.2) is 72.8 Å². The first-order valence-electron chi connectivity index (χ1n) is 7.67. The molecule has 4 aromatic rings. The van der Waals surface area contributed by atoms with Crippen LogP contribution in [0.25, 0.3) is 10.2 Å². The molecular weight excluding hydrogens is 319 g/mol. The molecule has 0 fully saturated rings. The van der Waals surface area contributed by atoms with Gasteiger partial charge < -0.3 is 5.73 Å². The first-order chi connectivity index (χ1) is 11.7. The van der Waals surface area contributed by atoms with Gasteiger partial charge in [0.2, 0.25) is 0 Å². The van der Waals surface area contributed by atoms with Gasteiger partial charge in [-0.15, -0.1) is 0 Å². The summed E-state index contributed by atoms with van der Waals surface area (Å²) in [5, 5.41) is 0.570. The first kappa shape index (κ1) is 14.8. The minimum absolute atomic E-state index is 0.0412. The first-order valence-corrected chi connectivity index (χ1v) is 8.49. The molecule has 0 amide bonds. The Morgan fingerprint density at radius 2 is 1.50 bits per heavy atom. The van der Waals surface area contributed by atoms with Crippen molar-refractivity contribution in [1.82, 2.24) is 4.98 Å². The van der Waals surface area contributed by atoms with Crippen LogP contribution in [-0.2, 0) is 0 Å². The highest BCUT2D eigenvalue weighted by molar-refractivity contribution is 7.22. The number of rotatable bonds is 3. The number of anilines is 1. The maximum Gasteiger partial charge on any atom is 0.181 e. The van der Waals surface area contributed by atoms with Gasteiger partial charge in [-0.25, -0.2) is 9.37 Å². The Hall–Kier alpha value is -2.72. The molecule has 0 radical (unpaired) electrons. The molecule has 0 aliphatic heterocycles. The number of nitrogens with two attached hydrogens (primary N) is 1. The molecule has 0 saturated heterocycles. The van der Waals surface area contributed by atoms with Crippen LogP contribution in [0.1, 0.15) is 22.6 Å². The van der Waals surface area contributed by atoms with E-state index in [-0.39, 0.29) is 11.7 Å². The van der Waals surface area contributed by atoms with Gasteiger partial charge in [0.25, 0.3) is 0 Å². The van der Waals surface area contributed by atoms with Gasteiger partial charge in [-0.2, -0.15) is 0 Å². The number of thiazole rings is 1. The number of hydrogen-bond acceptors (Lipinski definition) is 3. The Balaban J connectivity index is 1.88. The van der Waals surface area contributed by atoms with Crippen molar-refractivity contribution in [2.45, 2.75) is 5.92 Å². The number of nitrogen functional groups attached to an aromatic ring is 1. The molecule has 2 nitrogen and oxygen atoms in total. The number of fused-ring (bicyclic) bond motifs is 1. The van der Waals surface area contributed by atoms with E-state index in [1.807, 2.05) is 36.4 Å². The van der Waals surface area contributed by atoms with Crippen LogP contribution in [0.2, 0.25) is 0 Å². The summed E-state index contributed by atoms with van der Waals surface area (Å²) in [5.41, 5.74) is 10.1. The third-order valence-electron chi connectivity index (χ3n) is 4.10. The van der Waals surface area contributed by atoms with Gasteiger partial charge in [0.1, 0.15) is 5.82 Å². The summed E-state index contributed by atoms with van der Waals surface area (Å²) in [6.45, 7) is 0. The van der Waals surface area contributed by atoms with Gasteiger partial charge in [-0.05, 0) is 41.0 Å². The van der Waals surface area contributed by atoms with Crippen molar-refractivity contribution in [2.24, 2.45) is 0 Å². The third-order valence-corrected chi connectivity index (χ3v) is 4.95. The summed E-state index contributed by atoms with van der Waals surface area (Å²) in [6, 6.07) is 23.1. The lowest BCUT2D eigenvalue weighted by atomic mass is 9.85. The normalized spacial score (nSPS) is 12.4. The summed E-state index contributed by atoms with van der Waals surface area (Å²) < 4.78 is 14.4. The summed E-state index contributed by atoms with van der Waals surface area (Å²) in [6.07, 6.45) is 0. The van der Waals surface area contributed by atoms with Crippen molar-refractivity contribution in [3.05, 3.63) is 95.3 Å². The SMILES string of the molecule is Nc1nc2ccc(C(c3ccccc3)c3ccc(F)cc3)cc2s1. The number of nitrogens with zero attached hydrogens (tertiary/aromatic N) is 1. The van der Waals surface area contributed by atoms with Crippen LogP contribution in [0.4, 0.5) is 9.52 Å². The van der Waals surface area contributed by atoms with Crippen LogP contribution in [0.3, 0.4) is 0 Å². The highest BCUT2D eigenvalue weighted by Gasteiger charge is 2.17. The van der Waals surface area contributed by atoms with E-state index in [1.165, 1.54) is 29.0 Å². The van der Waals surface area contributed by atoms with E-state index >= 15 is 0 Å². The monoisotopic (exact) mass is 334 g/mol. The smallest absolute Gasteiger partial charge is 0.181 e. The van der Waals surface area contributed by atoms with Crippen LogP contribution in [0, 0.1) is 5.82 Å². The Morgan fingerprint density at radius 1 is 0.833 bits per heavy atom. The molecule has 0 spiro atoms. The highest BCUT2D eigenvalue weighted by Crippen LogP contribution is 2.35. The van der Waals surface area contributed by atoms with Crippen molar-refractivity contribution in [2.75, 3.05) is 5.73 Å². The van der Waals surface area contributed by atoms with E-state index in [0.717, 1.165) is 21.3 Å². The zero-order valence-corrected chi connectivity index (χ0v) is 13.6. The third kappa shape index (κ3) is 2.76. The van der Waals surface area contributed by atoms with E-state index in [4.69, 9.17) is 5.73 Å². The van der Waals surface area contributed by atoms with Gasteiger partial charge in [-0.3, -0.25) is 0 Å². The largest absolute Gasteiger partial charge is 0.375 e. The Labute approximate surface area is 143 Å². The molecule has 118 valence electrons. The van der Waals surface area contributed by atoms with Crippen molar-refractivity contribution in [3.63, 3.8) is 0 Å². The molecule has 24 heavy (non-hydrogen) atoms. The van der Waals surface area contributed by atoms with E-state index in [1.54, 1.807) is 0 Å². The highest BCUT2D eigenvalue weighted by atomic mass is 32.1. The van der Waals surface area contributed by atoms with Gasteiger partial charge in [0.15, 0.2) is 5.13 Å². The van der Waals surface area contributed by atoms with E-state index in [0.29, 0.717) is 5.13 Å². The Morgan fingerprint density at radius 3 is 2.25 bits per heavy atom. The van der Waals surface area contributed by atoms with Crippen LogP contribution >= 0.6 is 11.3 Å². The summed E-state index contributed by atoms with van der Waals surface area (Å²) in [5.74, 6) is -0.184. The minimum Gasteiger partial charge on any atom is -0.375 e. The fraction of sp³-hybridized carbons (Fsp3) is 0.0500. The average Bonchev–Trinajstić information content (AvgIpc) is 2.97. The molecule has 3 aromatic carbocycles. The van der Waals surface area contributed by atoms with Crippen molar-refractivity contribution in [3.8, 4) is 0 Å². The maximum atomic E-state index is 13.3. The summed E-state index contributed by atoms with van der Waals surface area (Å²) >= 11 is 1.48. The minimum atomic E-state index is -0.226. The molecule has 4 heteroatoms. The Kier molecular flexibility index (Phi) is 3.75. The zero-order valence-electron chi connectivity index (χ0n) is 12.8. The second kappa shape index (κ2) is 6.06. The second-order valence-electron chi connectivity index (χ2n) is 5.67. The number of halogens is 1. The van der Waals surface area contributed by atoms with E-state index in [2.05, 4.69) is 29.2 Å². The second-order valence-corrected chi connectivity index (χ2v) is 6.74. The molecule has 1 unspecified atom stereocenters. The maximum absolute atomic E-state index is 13.3. The zero-order chi connectivity index (χ0) is 16.5. The lowest BCUT2D eigenvalue weighted by Crippen LogP contribution is -2.03. The number of hydrogen-bond donors (Lipinski definition) is 1. The lowest BCUT2D eigenvalue weighted by molar-refractivity contribution is 0.627. The Bertz CT molecular complexity index is 978. The van der Waals surface area contributed by atoms with Gasteiger partial charge in [-0.1, -0.05) is 59.9 Å².